The standard InChI is InChI=1S/C19H28O4/c1-12-5-6-14-7-8-16(21)19(23,18(14,3)4)17(22)11-13(2)10-15(20)9-12/h10,14,17,22-23H,1,5-9,11H2,2-4H3/b13-10+/t14-,17-,19+/m0/s1. The fourth-order valence-electron chi connectivity index (χ4n) is 4.20. The summed E-state index contributed by atoms with van der Waals surface area (Å²) in [4.78, 5) is 24.5. The third-order valence-electron chi connectivity index (χ3n) is 5.82. The third-order valence-corrected chi connectivity index (χ3v) is 5.82. The molecule has 0 saturated heterocycles. The second kappa shape index (κ2) is 6.33. The van der Waals surface area contributed by atoms with Gasteiger partial charge in [-0.15, -0.1) is 0 Å². The summed E-state index contributed by atoms with van der Waals surface area (Å²) in [6.45, 7) is 9.48. The van der Waals surface area contributed by atoms with E-state index in [0.29, 0.717) is 24.8 Å². The normalized spacial score (nSPS) is 38.3. The van der Waals surface area contributed by atoms with E-state index in [0.717, 1.165) is 12.0 Å². The van der Waals surface area contributed by atoms with Crippen LogP contribution in [0.3, 0.4) is 0 Å². The van der Waals surface area contributed by atoms with Crippen molar-refractivity contribution in [2.24, 2.45) is 11.3 Å². The highest BCUT2D eigenvalue weighted by Crippen LogP contribution is 2.50. The number of carbonyl (C=O) groups is 2. The van der Waals surface area contributed by atoms with Gasteiger partial charge < -0.3 is 10.2 Å². The summed E-state index contributed by atoms with van der Waals surface area (Å²) in [7, 11) is 0. The van der Waals surface area contributed by atoms with Gasteiger partial charge in [0.25, 0.3) is 0 Å². The van der Waals surface area contributed by atoms with E-state index in [2.05, 4.69) is 6.58 Å². The summed E-state index contributed by atoms with van der Waals surface area (Å²) in [5.74, 6) is -0.223. The maximum atomic E-state index is 12.5. The zero-order valence-electron chi connectivity index (χ0n) is 14.4. The van der Waals surface area contributed by atoms with Gasteiger partial charge in [0.05, 0.1) is 6.10 Å². The van der Waals surface area contributed by atoms with Crippen LogP contribution in [-0.4, -0.2) is 33.5 Å². The van der Waals surface area contributed by atoms with Crippen molar-refractivity contribution in [2.75, 3.05) is 0 Å². The molecule has 2 N–H and O–H groups in total. The van der Waals surface area contributed by atoms with Crippen LogP contribution < -0.4 is 0 Å². The largest absolute Gasteiger partial charge is 0.389 e. The van der Waals surface area contributed by atoms with Crippen LogP contribution in [0.2, 0.25) is 0 Å². The van der Waals surface area contributed by atoms with Crippen LogP contribution in [0.15, 0.2) is 23.8 Å². The first-order chi connectivity index (χ1) is 10.6. The van der Waals surface area contributed by atoms with Gasteiger partial charge in [0.15, 0.2) is 17.2 Å². The zero-order valence-corrected chi connectivity index (χ0v) is 14.4. The van der Waals surface area contributed by atoms with Gasteiger partial charge in [-0.25, -0.2) is 0 Å². The van der Waals surface area contributed by atoms with Gasteiger partial charge >= 0.3 is 0 Å². The van der Waals surface area contributed by atoms with Crippen molar-refractivity contribution in [3.63, 3.8) is 0 Å². The van der Waals surface area contributed by atoms with Gasteiger partial charge in [-0.1, -0.05) is 31.6 Å². The summed E-state index contributed by atoms with van der Waals surface area (Å²) >= 11 is 0. The highest BCUT2D eigenvalue weighted by molar-refractivity contribution is 5.92. The fourth-order valence-corrected chi connectivity index (χ4v) is 4.20. The smallest absolute Gasteiger partial charge is 0.167 e. The Morgan fingerprint density at radius 2 is 1.83 bits per heavy atom. The average molecular weight is 320 g/mol. The number of allylic oxidation sites excluding steroid dienone is 2. The lowest BCUT2D eigenvalue weighted by atomic mass is 9.55. The molecule has 2 aliphatic rings. The summed E-state index contributed by atoms with van der Waals surface area (Å²) in [5, 5.41) is 21.8. The van der Waals surface area contributed by atoms with Crippen molar-refractivity contribution in [1.29, 1.82) is 0 Å². The molecule has 0 aliphatic heterocycles. The molecule has 4 heteroatoms. The van der Waals surface area contributed by atoms with Crippen molar-refractivity contribution < 1.29 is 19.8 Å². The van der Waals surface area contributed by atoms with Crippen molar-refractivity contribution >= 4 is 11.6 Å². The lowest BCUT2D eigenvalue weighted by molar-refractivity contribution is -0.193. The SMILES string of the molecule is C=C1CC[C@H]2CCC(=O)[C@@](O)([C@@H](O)C/C(C)=C/C(=O)C1)C2(C)C. The summed E-state index contributed by atoms with van der Waals surface area (Å²) < 4.78 is 0. The third kappa shape index (κ3) is 3.20. The number of fused-ring (bicyclic) bond motifs is 2. The monoisotopic (exact) mass is 320 g/mol. The van der Waals surface area contributed by atoms with Crippen LogP contribution in [0.5, 0.6) is 0 Å². The minimum Gasteiger partial charge on any atom is -0.389 e. The molecule has 0 aromatic heterocycles. The molecule has 0 amide bonds. The molecule has 0 unspecified atom stereocenters. The first-order valence-corrected chi connectivity index (χ1v) is 8.39. The minimum absolute atomic E-state index is 0.0389. The second-order valence-corrected chi connectivity index (χ2v) is 7.79. The van der Waals surface area contributed by atoms with E-state index in [1.165, 1.54) is 6.08 Å². The van der Waals surface area contributed by atoms with Crippen LogP contribution in [0.1, 0.15) is 59.3 Å². The molecule has 4 nitrogen and oxygen atoms in total. The Bertz CT molecular complexity index is 558. The van der Waals surface area contributed by atoms with Gasteiger partial charge in [0.2, 0.25) is 0 Å². The van der Waals surface area contributed by atoms with Crippen LogP contribution in [0, 0.1) is 11.3 Å². The molecule has 1 saturated carbocycles. The average Bonchev–Trinajstić information content (AvgIpc) is 2.42. The maximum Gasteiger partial charge on any atom is 0.167 e. The molecular formula is C19H28O4. The zero-order chi connectivity index (χ0) is 17.4. The van der Waals surface area contributed by atoms with Crippen LogP contribution in [-0.2, 0) is 9.59 Å². The molecule has 0 radical (unpaired) electrons. The first-order valence-electron chi connectivity index (χ1n) is 8.39. The number of aliphatic hydroxyl groups is 2. The lowest BCUT2D eigenvalue weighted by Crippen LogP contribution is -2.64. The molecule has 2 rings (SSSR count). The van der Waals surface area contributed by atoms with E-state index in [4.69, 9.17) is 0 Å². The Morgan fingerprint density at radius 1 is 1.22 bits per heavy atom. The molecule has 0 heterocycles. The second-order valence-electron chi connectivity index (χ2n) is 7.79. The summed E-state index contributed by atoms with van der Waals surface area (Å²) in [6.07, 6.45) is 3.21. The topological polar surface area (TPSA) is 74.6 Å². The first kappa shape index (κ1) is 18.1. The molecule has 2 aliphatic carbocycles. The van der Waals surface area contributed by atoms with E-state index in [-0.39, 0.29) is 30.3 Å². The predicted octanol–water partition coefficient (Wildman–Crippen LogP) is 2.73. The Hall–Kier alpha value is -1.26. The number of Topliss-reactive ketones (excluding diaryl/α,β-unsaturated/α-hetero) is 1. The van der Waals surface area contributed by atoms with E-state index >= 15 is 0 Å². The Labute approximate surface area is 138 Å². The predicted molar refractivity (Wildman–Crippen MR) is 88.8 cm³/mol. The molecule has 0 aromatic carbocycles. The van der Waals surface area contributed by atoms with Gasteiger partial charge in [-0.05, 0) is 44.6 Å². The quantitative estimate of drug-likeness (QED) is 0.673. The Kier molecular flexibility index (Phi) is 4.97. The molecule has 128 valence electrons. The van der Waals surface area contributed by atoms with Crippen LogP contribution in [0.25, 0.3) is 0 Å². The maximum absolute atomic E-state index is 12.5. The molecule has 1 fully saturated rings. The fraction of sp³-hybridized carbons (Fsp3) is 0.684. The number of aliphatic hydroxyl groups excluding tert-OH is 1. The molecule has 23 heavy (non-hydrogen) atoms. The van der Waals surface area contributed by atoms with Gasteiger partial charge in [-0.3, -0.25) is 9.59 Å². The molecule has 2 bridgehead atoms. The van der Waals surface area contributed by atoms with Crippen LogP contribution in [0.4, 0.5) is 0 Å². The van der Waals surface area contributed by atoms with E-state index in [9.17, 15) is 19.8 Å². The summed E-state index contributed by atoms with van der Waals surface area (Å²) in [5.41, 5.74) is -0.924. The molecule has 0 spiro atoms. The summed E-state index contributed by atoms with van der Waals surface area (Å²) in [6, 6.07) is 0. The highest BCUT2D eigenvalue weighted by Gasteiger charge is 2.59. The van der Waals surface area contributed by atoms with E-state index < -0.39 is 17.1 Å². The Morgan fingerprint density at radius 3 is 2.48 bits per heavy atom. The van der Waals surface area contributed by atoms with E-state index in [1.54, 1.807) is 6.92 Å². The minimum atomic E-state index is -1.77. The molecule has 3 atom stereocenters. The van der Waals surface area contributed by atoms with E-state index in [1.807, 2.05) is 13.8 Å². The number of hydrogen-bond acceptors (Lipinski definition) is 4. The van der Waals surface area contributed by atoms with Crippen molar-refractivity contribution in [3.05, 3.63) is 23.8 Å². The number of rotatable bonds is 0. The highest BCUT2D eigenvalue weighted by atomic mass is 16.4. The number of hydrogen-bond donors (Lipinski definition) is 2. The van der Waals surface area contributed by atoms with Crippen LogP contribution >= 0.6 is 0 Å². The Balaban J connectivity index is 2.46. The van der Waals surface area contributed by atoms with Gasteiger partial charge in [-0.2, -0.15) is 0 Å². The molecule has 0 aromatic rings. The van der Waals surface area contributed by atoms with Crippen molar-refractivity contribution in [2.45, 2.75) is 71.0 Å². The number of carbonyl (C=O) groups excluding carboxylic acids is 2. The molecular weight excluding hydrogens is 292 g/mol. The van der Waals surface area contributed by atoms with Gasteiger partial charge in [0.1, 0.15) is 0 Å². The lowest BCUT2D eigenvalue weighted by Gasteiger charge is -2.52. The van der Waals surface area contributed by atoms with Crippen molar-refractivity contribution in [3.8, 4) is 0 Å². The van der Waals surface area contributed by atoms with Crippen molar-refractivity contribution in [1.82, 2.24) is 0 Å². The number of ketones is 2. The van der Waals surface area contributed by atoms with Gasteiger partial charge in [0, 0.05) is 18.3 Å².